The maximum absolute atomic E-state index is 12.0. The Kier molecular flexibility index (Phi) is 3.94. The molecule has 0 bridgehead atoms. The van der Waals surface area contributed by atoms with Gasteiger partial charge in [-0.1, -0.05) is 41.9 Å². The Bertz CT molecular complexity index is 817. The predicted molar refractivity (Wildman–Crippen MR) is 82.3 cm³/mol. The van der Waals surface area contributed by atoms with Crippen molar-refractivity contribution >= 4 is 34.3 Å². The first-order valence-electron chi connectivity index (χ1n) is 6.58. The first kappa shape index (κ1) is 14.4. The molecule has 0 atom stereocenters. The summed E-state index contributed by atoms with van der Waals surface area (Å²) in [5, 5.41) is 1.12. The molecule has 0 saturated heterocycles. The summed E-state index contributed by atoms with van der Waals surface area (Å²) in [5.74, 6) is -0.986. The van der Waals surface area contributed by atoms with E-state index in [4.69, 9.17) is 20.8 Å². The number of para-hydroxylation sites is 1. The van der Waals surface area contributed by atoms with Crippen molar-refractivity contribution in [2.45, 2.75) is 0 Å². The summed E-state index contributed by atoms with van der Waals surface area (Å²) in [6.07, 6.45) is 0. The molecule has 0 aliphatic carbocycles. The zero-order valence-corrected chi connectivity index (χ0v) is 12.2. The van der Waals surface area contributed by atoms with Gasteiger partial charge < -0.3 is 9.15 Å². The van der Waals surface area contributed by atoms with Crippen molar-refractivity contribution in [1.82, 2.24) is 0 Å². The fourth-order valence-electron chi connectivity index (χ4n) is 2.05. The van der Waals surface area contributed by atoms with Crippen LogP contribution in [0.2, 0.25) is 5.02 Å². The van der Waals surface area contributed by atoms with E-state index in [0.717, 1.165) is 5.39 Å². The number of Topliss-reactive ketones (excluding diaryl/α,β-unsaturated/α-hetero) is 1. The predicted octanol–water partition coefficient (Wildman–Crippen LogP) is 4.13. The minimum atomic E-state index is -0.684. The second-order valence-electron chi connectivity index (χ2n) is 4.63. The van der Waals surface area contributed by atoms with E-state index in [1.54, 1.807) is 36.4 Å². The van der Waals surface area contributed by atoms with Gasteiger partial charge in [0.15, 0.2) is 6.61 Å². The van der Waals surface area contributed by atoms with Crippen molar-refractivity contribution in [3.05, 3.63) is 70.9 Å². The number of fused-ring (bicyclic) bond motifs is 1. The molecule has 0 N–H and O–H groups in total. The van der Waals surface area contributed by atoms with E-state index < -0.39 is 5.97 Å². The van der Waals surface area contributed by atoms with E-state index in [-0.39, 0.29) is 18.2 Å². The molecule has 0 radical (unpaired) electrons. The van der Waals surface area contributed by atoms with Crippen LogP contribution in [0.15, 0.2) is 59.0 Å². The lowest BCUT2D eigenvalue weighted by Crippen LogP contribution is -2.14. The third-order valence-corrected chi connectivity index (χ3v) is 3.46. The van der Waals surface area contributed by atoms with Crippen LogP contribution in [0, 0.1) is 0 Å². The molecule has 0 aliphatic rings. The fourth-order valence-corrected chi connectivity index (χ4v) is 2.29. The molecule has 3 aromatic rings. The molecule has 0 aliphatic heterocycles. The summed E-state index contributed by atoms with van der Waals surface area (Å²) in [4.78, 5) is 23.9. The van der Waals surface area contributed by atoms with Crippen LogP contribution in [0.1, 0.15) is 20.9 Å². The van der Waals surface area contributed by atoms with Crippen molar-refractivity contribution < 1.29 is 18.7 Å². The Hall–Kier alpha value is -2.59. The fraction of sp³-hybridized carbons (Fsp3) is 0.0588. The van der Waals surface area contributed by atoms with E-state index >= 15 is 0 Å². The number of carbonyl (C=O) groups is 2. The minimum absolute atomic E-state index is 0.0631. The largest absolute Gasteiger partial charge is 0.451 e. The lowest BCUT2D eigenvalue weighted by Gasteiger charge is -2.04. The highest BCUT2D eigenvalue weighted by Gasteiger charge is 2.17. The maximum atomic E-state index is 12.0. The van der Waals surface area contributed by atoms with E-state index in [2.05, 4.69) is 0 Å². The zero-order valence-electron chi connectivity index (χ0n) is 11.4. The normalized spacial score (nSPS) is 10.6. The van der Waals surface area contributed by atoms with Crippen LogP contribution in [-0.2, 0) is 4.74 Å². The molecule has 0 unspecified atom stereocenters. The number of ketones is 1. The standard InChI is InChI=1S/C17H11ClO4/c18-13-7-3-2-6-12(13)14(19)10-21-17(20)16-9-11-5-1-4-8-15(11)22-16/h1-9H,10H2. The number of esters is 1. The SMILES string of the molecule is O=C(OCC(=O)c1ccccc1Cl)c1cc2ccccc2o1. The molecule has 1 heterocycles. The van der Waals surface area contributed by atoms with Gasteiger partial charge in [-0.15, -0.1) is 0 Å². The average molecular weight is 315 g/mol. The van der Waals surface area contributed by atoms with Gasteiger partial charge in [0.1, 0.15) is 5.58 Å². The number of halogens is 1. The van der Waals surface area contributed by atoms with E-state index in [1.807, 2.05) is 18.2 Å². The van der Waals surface area contributed by atoms with Crippen LogP contribution in [0.4, 0.5) is 0 Å². The second kappa shape index (κ2) is 6.03. The minimum Gasteiger partial charge on any atom is -0.451 e. The van der Waals surface area contributed by atoms with Gasteiger partial charge in [-0.05, 0) is 24.3 Å². The molecule has 22 heavy (non-hydrogen) atoms. The summed E-state index contributed by atoms with van der Waals surface area (Å²) in [7, 11) is 0. The zero-order chi connectivity index (χ0) is 15.5. The second-order valence-corrected chi connectivity index (χ2v) is 5.03. The molecular weight excluding hydrogens is 304 g/mol. The van der Waals surface area contributed by atoms with Gasteiger partial charge in [0.05, 0.1) is 5.02 Å². The van der Waals surface area contributed by atoms with E-state index in [0.29, 0.717) is 16.2 Å². The summed E-state index contributed by atoms with van der Waals surface area (Å²) in [6.45, 7) is -0.389. The maximum Gasteiger partial charge on any atom is 0.374 e. The molecule has 3 rings (SSSR count). The summed E-state index contributed by atoms with van der Waals surface area (Å²) >= 11 is 5.93. The number of hydrogen-bond acceptors (Lipinski definition) is 4. The van der Waals surface area contributed by atoms with Crippen molar-refractivity contribution in [1.29, 1.82) is 0 Å². The van der Waals surface area contributed by atoms with Crippen molar-refractivity contribution in [2.24, 2.45) is 0 Å². The van der Waals surface area contributed by atoms with Crippen LogP contribution >= 0.6 is 11.6 Å². The van der Waals surface area contributed by atoms with Gasteiger partial charge in [0, 0.05) is 10.9 Å². The number of ether oxygens (including phenoxy) is 1. The molecule has 0 amide bonds. The molecule has 4 nitrogen and oxygen atoms in total. The molecule has 2 aromatic carbocycles. The van der Waals surface area contributed by atoms with Crippen LogP contribution in [0.5, 0.6) is 0 Å². The lowest BCUT2D eigenvalue weighted by molar-refractivity contribution is 0.0446. The average Bonchev–Trinajstić information content (AvgIpc) is 2.97. The third-order valence-electron chi connectivity index (χ3n) is 3.14. The van der Waals surface area contributed by atoms with E-state index in [1.165, 1.54) is 0 Å². The molecule has 0 saturated carbocycles. The summed E-state index contributed by atoms with van der Waals surface area (Å²) < 4.78 is 10.4. The number of carbonyl (C=O) groups excluding carboxylic acids is 2. The first-order chi connectivity index (χ1) is 10.6. The Morgan fingerprint density at radius 3 is 2.55 bits per heavy atom. The van der Waals surface area contributed by atoms with Crippen LogP contribution in [-0.4, -0.2) is 18.4 Å². The van der Waals surface area contributed by atoms with Gasteiger partial charge in [0.2, 0.25) is 11.5 Å². The third kappa shape index (κ3) is 2.87. The Morgan fingerprint density at radius 1 is 1.05 bits per heavy atom. The van der Waals surface area contributed by atoms with Crippen LogP contribution in [0.25, 0.3) is 11.0 Å². The topological polar surface area (TPSA) is 56.5 Å². The van der Waals surface area contributed by atoms with Gasteiger partial charge in [-0.25, -0.2) is 4.79 Å². The molecule has 0 fully saturated rings. The quantitative estimate of drug-likeness (QED) is 0.537. The number of benzene rings is 2. The van der Waals surface area contributed by atoms with Crippen molar-refractivity contribution in [3.63, 3.8) is 0 Å². The van der Waals surface area contributed by atoms with Gasteiger partial charge in [-0.3, -0.25) is 4.79 Å². The number of furan rings is 1. The Balaban J connectivity index is 1.69. The summed E-state index contributed by atoms with van der Waals surface area (Å²) in [6, 6.07) is 15.4. The first-order valence-corrected chi connectivity index (χ1v) is 6.96. The van der Waals surface area contributed by atoms with Crippen LogP contribution < -0.4 is 0 Å². The molecule has 0 spiro atoms. The monoisotopic (exact) mass is 314 g/mol. The highest BCUT2D eigenvalue weighted by molar-refractivity contribution is 6.34. The number of hydrogen-bond donors (Lipinski definition) is 0. The van der Waals surface area contributed by atoms with E-state index in [9.17, 15) is 9.59 Å². The Morgan fingerprint density at radius 2 is 1.77 bits per heavy atom. The summed E-state index contributed by atoms with van der Waals surface area (Å²) in [5.41, 5.74) is 0.911. The van der Waals surface area contributed by atoms with Gasteiger partial charge in [-0.2, -0.15) is 0 Å². The van der Waals surface area contributed by atoms with Crippen LogP contribution in [0.3, 0.4) is 0 Å². The van der Waals surface area contributed by atoms with Gasteiger partial charge in [0.25, 0.3) is 0 Å². The highest BCUT2D eigenvalue weighted by atomic mass is 35.5. The molecule has 5 heteroatoms. The Labute approximate surface area is 131 Å². The van der Waals surface area contributed by atoms with Crippen molar-refractivity contribution in [2.75, 3.05) is 6.61 Å². The lowest BCUT2D eigenvalue weighted by atomic mass is 10.1. The molecule has 1 aromatic heterocycles. The molecular formula is C17H11ClO4. The molecule has 110 valence electrons. The van der Waals surface area contributed by atoms with Crippen molar-refractivity contribution in [3.8, 4) is 0 Å². The smallest absolute Gasteiger partial charge is 0.374 e. The van der Waals surface area contributed by atoms with Gasteiger partial charge >= 0.3 is 5.97 Å². The number of rotatable bonds is 4. The highest BCUT2D eigenvalue weighted by Crippen LogP contribution is 2.20.